The van der Waals surface area contributed by atoms with Crippen molar-refractivity contribution >= 4 is 0 Å². The van der Waals surface area contributed by atoms with Gasteiger partial charge in [0.05, 0.1) is 25.4 Å². The fraction of sp³-hybridized carbons (Fsp3) is 0.875. The SMILES string of the molecule is OCCC#C[C@@H]1CCC[C@@H](COC2CCC(F)CC2)O1. The largest absolute Gasteiger partial charge is 0.395 e. The fourth-order valence-corrected chi connectivity index (χ4v) is 2.80. The molecule has 1 saturated carbocycles. The first-order valence-electron chi connectivity index (χ1n) is 7.78. The Bertz CT molecular complexity index is 328. The summed E-state index contributed by atoms with van der Waals surface area (Å²) in [5.74, 6) is 5.99. The molecule has 0 bridgehead atoms. The van der Waals surface area contributed by atoms with Crippen LogP contribution in [0.25, 0.3) is 0 Å². The Morgan fingerprint density at radius 2 is 1.95 bits per heavy atom. The van der Waals surface area contributed by atoms with Crippen molar-refractivity contribution in [2.45, 2.75) is 75.9 Å². The molecule has 0 radical (unpaired) electrons. The van der Waals surface area contributed by atoms with Crippen molar-refractivity contribution in [1.82, 2.24) is 0 Å². The van der Waals surface area contributed by atoms with Gasteiger partial charge in [-0.3, -0.25) is 0 Å². The van der Waals surface area contributed by atoms with E-state index in [9.17, 15) is 4.39 Å². The molecule has 2 rings (SSSR count). The monoisotopic (exact) mass is 284 g/mol. The number of alkyl halides is 1. The Morgan fingerprint density at radius 3 is 2.70 bits per heavy atom. The van der Waals surface area contributed by atoms with Crippen LogP contribution < -0.4 is 0 Å². The zero-order valence-electron chi connectivity index (χ0n) is 12.0. The second-order valence-corrected chi connectivity index (χ2v) is 5.68. The average molecular weight is 284 g/mol. The van der Waals surface area contributed by atoms with Crippen molar-refractivity contribution in [2.24, 2.45) is 0 Å². The molecule has 0 amide bonds. The molecule has 2 atom stereocenters. The van der Waals surface area contributed by atoms with E-state index in [4.69, 9.17) is 14.6 Å². The van der Waals surface area contributed by atoms with Crippen molar-refractivity contribution in [3.05, 3.63) is 0 Å². The van der Waals surface area contributed by atoms with Gasteiger partial charge in [-0.15, -0.1) is 0 Å². The molecule has 2 fully saturated rings. The lowest BCUT2D eigenvalue weighted by Gasteiger charge is -2.30. The van der Waals surface area contributed by atoms with E-state index in [0.717, 1.165) is 32.1 Å². The van der Waals surface area contributed by atoms with Gasteiger partial charge in [0.25, 0.3) is 0 Å². The van der Waals surface area contributed by atoms with Gasteiger partial charge in [-0.1, -0.05) is 11.8 Å². The molecule has 1 aliphatic carbocycles. The first kappa shape index (κ1) is 15.8. The van der Waals surface area contributed by atoms with E-state index in [1.165, 1.54) is 0 Å². The molecule has 1 saturated heterocycles. The summed E-state index contributed by atoms with van der Waals surface area (Å²) in [7, 11) is 0. The number of ether oxygens (including phenoxy) is 2. The maximum absolute atomic E-state index is 13.0. The van der Waals surface area contributed by atoms with Gasteiger partial charge in [-0.25, -0.2) is 4.39 Å². The first-order valence-corrected chi connectivity index (χ1v) is 7.78. The number of aliphatic hydroxyl groups excluding tert-OH is 1. The topological polar surface area (TPSA) is 38.7 Å². The maximum Gasteiger partial charge on any atom is 0.118 e. The van der Waals surface area contributed by atoms with Crippen molar-refractivity contribution in [1.29, 1.82) is 0 Å². The Labute approximate surface area is 120 Å². The third kappa shape index (κ3) is 5.40. The molecule has 20 heavy (non-hydrogen) atoms. The molecule has 0 aromatic rings. The van der Waals surface area contributed by atoms with Crippen LogP contribution in [0.3, 0.4) is 0 Å². The third-order valence-electron chi connectivity index (χ3n) is 3.97. The number of hydrogen-bond donors (Lipinski definition) is 1. The zero-order chi connectivity index (χ0) is 14.2. The van der Waals surface area contributed by atoms with Crippen LogP contribution in [0.4, 0.5) is 4.39 Å². The molecule has 0 unspecified atom stereocenters. The van der Waals surface area contributed by atoms with Gasteiger partial charge in [-0.2, -0.15) is 0 Å². The van der Waals surface area contributed by atoms with Crippen LogP contribution in [0.1, 0.15) is 51.4 Å². The predicted octanol–water partition coefficient (Wildman–Crippen LogP) is 2.61. The summed E-state index contributed by atoms with van der Waals surface area (Å²) in [4.78, 5) is 0. The lowest BCUT2D eigenvalue weighted by atomic mass is 9.96. The van der Waals surface area contributed by atoms with Gasteiger partial charge in [-0.05, 0) is 44.9 Å². The second-order valence-electron chi connectivity index (χ2n) is 5.68. The smallest absolute Gasteiger partial charge is 0.118 e. The minimum absolute atomic E-state index is 0.0227. The van der Waals surface area contributed by atoms with Crippen LogP contribution in [0, 0.1) is 11.8 Å². The highest BCUT2D eigenvalue weighted by molar-refractivity contribution is 5.06. The van der Waals surface area contributed by atoms with Gasteiger partial charge in [0.1, 0.15) is 12.3 Å². The Kier molecular flexibility index (Phi) is 6.78. The minimum Gasteiger partial charge on any atom is -0.395 e. The van der Waals surface area contributed by atoms with Gasteiger partial charge in [0, 0.05) is 6.42 Å². The average Bonchev–Trinajstić information content (AvgIpc) is 2.47. The first-order chi connectivity index (χ1) is 9.78. The molecular weight excluding hydrogens is 259 g/mol. The van der Waals surface area contributed by atoms with Gasteiger partial charge in [0.2, 0.25) is 0 Å². The molecule has 0 aromatic heterocycles. The van der Waals surface area contributed by atoms with Crippen molar-refractivity contribution in [2.75, 3.05) is 13.2 Å². The van der Waals surface area contributed by atoms with Crippen molar-refractivity contribution in [3.63, 3.8) is 0 Å². The fourth-order valence-electron chi connectivity index (χ4n) is 2.80. The number of hydrogen-bond acceptors (Lipinski definition) is 3. The molecule has 114 valence electrons. The third-order valence-corrected chi connectivity index (χ3v) is 3.97. The summed E-state index contributed by atoms with van der Waals surface area (Å²) in [6.07, 6.45) is 6.15. The quantitative estimate of drug-likeness (QED) is 0.807. The van der Waals surface area contributed by atoms with E-state index in [2.05, 4.69) is 11.8 Å². The molecule has 1 N–H and O–H groups in total. The van der Waals surface area contributed by atoms with Crippen LogP contribution in [-0.4, -0.2) is 42.8 Å². The molecular formula is C16H25FO3. The normalized spacial score (nSPS) is 34.3. The van der Waals surface area contributed by atoms with Gasteiger partial charge < -0.3 is 14.6 Å². The molecule has 3 nitrogen and oxygen atoms in total. The molecule has 1 aliphatic heterocycles. The van der Waals surface area contributed by atoms with Crippen LogP contribution >= 0.6 is 0 Å². The standard InChI is InChI=1S/C16H25FO3/c17-13-7-9-14(10-8-13)19-12-16-6-3-5-15(20-16)4-1-2-11-18/h13-16,18H,2-3,5-12H2/t13?,14?,15-,16+/m1/s1. The van der Waals surface area contributed by atoms with Crippen molar-refractivity contribution in [3.8, 4) is 11.8 Å². The highest BCUT2D eigenvalue weighted by Gasteiger charge is 2.25. The lowest BCUT2D eigenvalue weighted by Crippen LogP contribution is -2.33. The lowest BCUT2D eigenvalue weighted by molar-refractivity contribution is -0.0902. The summed E-state index contributed by atoms with van der Waals surface area (Å²) in [6, 6.07) is 0. The molecule has 0 spiro atoms. The molecule has 4 heteroatoms. The summed E-state index contributed by atoms with van der Waals surface area (Å²) in [5, 5.41) is 8.70. The summed E-state index contributed by atoms with van der Waals surface area (Å²) >= 11 is 0. The van der Waals surface area contributed by atoms with E-state index in [-0.39, 0.29) is 24.9 Å². The Hall–Kier alpha value is -0.630. The number of aliphatic hydroxyl groups is 1. The minimum atomic E-state index is -0.632. The Balaban J connectivity index is 1.66. The summed E-state index contributed by atoms with van der Waals surface area (Å²) in [5.41, 5.74) is 0. The second kappa shape index (κ2) is 8.61. The molecule has 2 aliphatic rings. The van der Waals surface area contributed by atoms with E-state index in [0.29, 0.717) is 25.9 Å². The Morgan fingerprint density at radius 1 is 1.15 bits per heavy atom. The van der Waals surface area contributed by atoms with E-state index in [1.54, 1.807) is 0 Å². The van der Waals surface area contributed by atoms with Crippen LogP contribution in [-0.2, 0) is 9.47 Å². The van der Waals surface area contributed by atoms with Crippen LogP contribution in [0.5, 0.6) is 0 Å². The number of rotatable bonds is 4. The van der Waals surface area contributed by atoms with E-state index in [1.807, 2.05) is 0 Å². The van der Waals surface area contributed by atoms with E-state index < -0.39 is 6.17 Å². The highest BCUT2D eigenvalue weighted by Crippen LogP contribution is 2.25. The molecule has 0 aromatic carbocycles. The summed E-state index contributed by atoms with van der Waals surface area (Å²) < 4.78 is 24.8. The maximum atomic E-state index is 13.0. The van der Waals surface area contributed by atoms with Gasteiger partial charge in [0.15, 0.2) is 0 Å². The zero-order valence-corrected chi connectivity index (χ0v) is 12.0. The van der Waals surface area contributed by atoms with Crippen LogP contribution in [0.15, 0.2) is 0 Å². The van der Waals surface area contributed by atoms with Crippen LogP contribution in [0.2, 0.25) is 0 Å². The van der Waals surface area contributed by atoms with E-state index >= 15 is 0 Å². The highest BCUT2D eigenvalue weighted by atomic mass is 19.1. The predicted molar refractivity (Wildman–Crippen MR) is 75.1 cm³/mol. The molecule has 1 heterocycles. The number of halogens is 1. The summed E-state index contributed by atoms with van der Waals surface area (Å²) in [6.45, 7) is 0.698. The van der Waals surface area contributed by atoms with Gasteiger partial charge >= 0.3 is 0 Å². The van der Waals surface area contributed by atoms with Crippen molar-refractivity contribution < 1.29 is 19.0 Å².